The van der Waals surface area contributed by atoms with Gasteiger partial charge in [-0.05, 0) is 55.7 Å². The van der Waals surface area contributed by atoms with Gasteiger partial charge in [0, 0.05) is 10.9 Å². The van der Waals surface area contributed by atoms with Crippen LogP contribution in [0.25, 0.3) is 0 Å². The van der Waals surface area contributed by atoms with Crippen LogP contribution in [-0.4, -0.2) is 6.54 Å². The van der Waals surface area contributed by atoms with Crippen molar-refractivity contribution >= 4 is 22.9 Å². The molecule has 0 radical (unpaired) electrons. The van der Waals surface area contributed by atoms with Crippen LogP contribution in [0.5, 0.6) is 0 Å². The molecule has 0 amide bonds. The molecule has 0 bridgehead atoms. The minimum atomic E-state index is 0.435. The molecule has 1 fully saturated rings. The number of rotatable bonds is 6. The summed E-state index contributed by atoms with van der Waals surface area (Å²) in [5.41, 5.74) is 1.66. The Morgan fingerprint density at radius 3 is 2.45 bits per heavy atom. The highest BCUT2D eigenvalue weighted by atomic mass is 35.5. The third kappa shape index (κ3) is 3.40. The number of thiophene rings is 1. The molecule has 20 heavy (non-hydrogen) atoms. The Labute approximate surface area is 133 Å². The fraction of sp³-hybridized carbons (Fsp3) is 0.765. The van der Waals surface area contributed by atoms with E-state index in [1.807, 2.05) is 0 Å². The quantitative estimate of drug-likeness (QED) is 0.682. The molecule has 1 nitrogen and oxygen atoms in total. The summed E-state index contributed by atoms with van der Waals surface area (Å²) < 4.78 is 0.959. The van der Waals surface area contributed by atoms with Gasteiger partial charge in [-0.1, -0.05) is 45.2 Å². The molecule has 0 saturated heterocycles. The molecule has 3 heteroatoms. The SMILES string of the molecule is CCNC(c1cc(C)c(Cl)s1)C1(CC(C)C)CCCC1. The number of halogens is 1. The van der Waals surface area contributed by atoms with Crippen molar-refractivity contribution in [2.24, 2.45) is 11.3 Å². The maximum Gasteiger partial charge on any atom is 0.0960 e. The molecular weight excluding hydrogens is 286 g/mol. The first-order valence-electron chi connectivity index (χ1n) is 7.97. The molecule has 1 unspecified atom stereocenters. The molecule has 114 valence electrons. The number of nitrogens with one attached hydrogen (secondary N) is 1. The van der Waals surface area contributed by atoms with Crippen LogP contribution in [0.2, 0.25) is 4.34 Å². The Hall–Kier alpha value is -0.0500. The van der Waals surface area contributed by atoms with Crippen LogP contribution in [0.15, 0.2) is 6.07 Å². The van der Waals surface area contributed by atoms with Gasteiger partial charge in [0.15, 0.2) is 0 Å². The lowest BCUT2D eigenvalue weighted by Gasteiger charge is -2.39. The zero-order valence-electron chi connectivity index (χ0n) is 13.3. The van der Waals surface area contributed by atoms with Crippen molar-refractivity contribution in [1.29, 1.82) is 0 Å². The minimum Gasteiger partial charge on any atom is -0.309 e. The van der Waals surface area contributed by atoms with Gasteiger partial charge in [0.1, 0.15) is 0 Å². The third-order valence-corrected chi connectivity index (χ3v) is 6.22. The zero-order valence-corrected chi connectivity index (χ0v) is 14.8. The highest BCUT2D eigenvalue weighted by Crippen LogP contribution is 2.53. The summed E-state index contributed by atoms with van der Waals surface area (Å²) in [5.74, 6) is 0.755. The maximum atomic E-state index is 6.32. The molecule has 1 aromatic rings. The van der Waals surface area contributed by atoms with Gasteiger partial charge in [-0.2, -0.15) is 0 Å². The summed E-state index contributed by atoms with van der Waals surface area (Å²) in [4.78, 5) is 1.44. The average Bonchev–Trinajstić information content (AvgIpc) is 2.95. The lowest BCUT2D eigenvalue weighted by Crippen LogP contribution is -2.37. The highest BCUT2D eigenvalue weighted by molar-refractivity contribution is 7.16. The minimum absolute atomic E-state index is 0.435. The number of aryl methyl sites for hydroxylation is 1. The molecule has 1 atom stereocenters. The van der Waals surface area contributed by atoms with Crippen molar-refractivity contribution < 1.29 is 0 Å². The molecule has 0 aliphatic heterocycles. The first-order chi connectivity index (χ1) is 9.48. The third-order valence-electron chi connectivity index (χ3n) is 4.60. The lowest BCUT2D eigenvalue weighted by atomic mass is 9.72. The van der Waals surface area contributed by atoms with E-state index in [1.165, 1.54) is 42.5 Å². The predicted molar refractivity (Wildman–Crippen MR) is 90.8 cm³/mol. The Morgan fingerprint density at radius 1 is 1.35 bits per heavy atom. The van der Waals surface area contributed by atoms with E-state index < -0.39 is 0 Å². The highest BCUT2D eigenvalue weighted by Gasteiger charge is 2.42. The van der Waals surface area contributed by atoms with Crippen molar-refractivity contribution in [3.8, 4) is 0 Å². The summed E-state index contributed by atoms with van der Waals surface area (Å²) in [6.07, 6.45) is 6.80. The summed E-state index contributed by atoms with van der Waals surface area (Å²) in [6.45, 7) is 10.1. The molecule has 1 saturated carbocycles. The van der Waals surface area contributed by atoms with E-state index in [1.54, 1.807) is 11.3 Å². The molecular formula is C17H28ClNS. The smallest absolute Gasteiger partial charge is 0.0960 e. The van der Waals surface area contributed by atoms with Gasteiger partial charge in [0.25, 0.3) is 0 Å². The first kappa shape index (κ1) is 16.3. The normalized spacial score (nSPS) is 19.7. The van der Waals surface area contributed by atoms with E-state index in [0.717, 1.165) is 16.8 Å². The number of hydrogen-bond donors (Lipinski definition) is 1. The van der Waals surface area contributed by atoms with Crippen molar-refractivity contribution in [3.05, 3.63) is 20.8 Å². The standard InChI is InChI=1S/C17H28ClNS/c1-5-19-15(14-10-13(4)16(18)20-14)17(11-12(2)3)8-6-7-9-17/h10,12,15,19H,5-9,11H2,1-4H3. The summed E-state index contributed by atoms with van der Waals surface area (Å²) >= 11 is 8.10. The number of hydrogen-bond acceptors (Lipinski definition) is 2. The Balaban J connectivity index is 2.33. The largest absolute Gasteiger partial charge is 0.309 e. The molecule has 1 N–H and O–H groups in total. The summed E-state index contributed by atoms with van der Waals surface area (Å²) in [6, 6.07) is 2.79. The molecule has 0 aromatic carbocycles. The molecule has 1 aliphatic rings. The van der Waals surface area contributed by atoms with Crippen LogP contribution in [0, 0.1) is 18.3 Å². The summed E-state index contributed by atoms with van der Waals surface area (Å²) in [5, 5.41) is 3.78. The van der Waals surface area contributed by atoms with Crippen molar-refractivity contribution in [2.75, 3.05) is 6.54 Å². The van der Waals surface area contributed by atoms with Crippen molar-refractivity contribution in [2.45, 2.75) is 65.8 Å². The monoisotopic (exact) mass is 313 g/mol. The maximum absolute atomic E-state index is 6.32. The molecule has 2 rings (SSSR count). The van der Waals surface area contributed by atoms with Crippen LogP contribution in [0.3, 0.4) is 0 Å². The average molecular weight is 314 g/mol. The van der Waals surface area contributed by atoms with Crippen LogP contribution in [0.1, 0.15) is 69.4 Å². The van der Waals surface area contributed by atoms with Crippen LogP contribution < -0.4 is 5.32 Å². The Kier molecular flexibility index (Phi) is 5.56. The molecule has 1 aliphatic carbocycles. The van der Waals surface area contributed by atoms with E-state index in [0.29, 0.717) is 11.5 Å². The Morgan fingerprint density at radius 2 is 2.00 bits per heavy atom. The van der Waals surface area contributed by atoms with Gasteiger partial charge in [0.2, 0.25) is 0 Å². The van der Waals surface area contributed by atoms with Gasteiger partial charge < -0.3 is 5.32 Å². The second kappa shape index (κ2) is 6.81. The van der Waals surface area contributed by atoms with E-state index in [-0.39, 0.29) is 0 Å². The molecule has 0 spiro atoms. The van der Waals surface area contributed by atoms with Gasteiger partial charge in [-0.3, -0.25) is 0 Å². The van der Waals surface area contributed by atoms with Gasteiger partial charge in [-0.15, -0.1) is 11.3 Å². The Bertz CT molecular complexity index is 413. The summed E-state index contributed by atoms with van der Waals surface area (Å²) in [7, 11) is 0. The second-order valence-corrected chi connectivity index (χ2v) is 8.45. The predicted octanol–water partition coefficient (Wildman–Crippen LogP) is 5.97. The van der Waals surface area contributed by atoms with Crippen LogP contribution in [0.4, 0.5) is 0 Å². The van der Waals surface area contributed by atoms with Gasteiger partial charge in [-0.25, -0.2) is 0 Å². The van der Waals surface area contributed by atoms with Crippen molar-refractivity contribution in [3.63, 3.8) is 0 Å². The fourth-order valence-electron chi connectivity index (χ4n) is 3.95. The molecule has 1 heterocycles. The topological polar surface area (TPSA) is 12.0 Å². The van der Waals surface area contributed by atoms with E-state index in [2.05, 4.69) is 39.1 Å². The fourth-order valence-corrected chi connectivity index (χ4v) is 5.39. The van der Waals surface area contributed by atoms with E-state index in [4.69, 9.17) is 11.6 Å². The van der Waals surface area contributed by atoms with Gasteiger partial charge in [0.05, 0.1) is 4.34 Å². The second-order valence-electron chi connectivity index (χ2n) is 6.76. The van der Waals surface area contributed by atoms with Crippen molar-refractivity contribution in [1.82, 2.24) is 5.32 Å². The first-order valence-corrected chi connectivity index (χ1v) is 9.17. The van der Waals surface area contributed by atoms with Crippen LogP contribution in [-0.2, 0) is 0 Å². The zero-order chi connectivity index (χ0) is 14.8. The molecule has 1 aromatic heterocycles. The van der Waals surface area contributed by atoms with E-state index in [9.17, 15) is 0 Å². The lowest BCUT2D eigenvalue weighted by molar-refractivity contribution is 0.159. The van der Waals surface area contributed by atoms with E-state index >= 15 is 0 Å². The van der Waals surface area contributed by atoms with Crippen LogP contribution >= 0.6 is 22.9 Å². The van der Waals surface area contributed by atoms with Gasteiger partial charge >= 0.3 is 0 Å².